The van der Waals surface area contributed by atoms with Gasteiger partial charge in [0.2, 0.25) is 0 Å². The molecule has 0 amide bonds. The highest BCUT2D eigenvalue weighted by molar-refractivity contribution is 4.79. The second-order valence-corrected chi connectivity index (χ2v) is 6.01. The van der Waals surface area contributed by atoms with Crippen LogP contribution in [0, 0.1) is 17.8 Å². The Morgan fingerprint density at radius 1 is 0.750 bits per heavy atom. The van der Waals surface area contributed by atoms with Crippen LogP contribution in [-0.4, -0.2) is 6.67 Å². The van der Waals surface area contributed by atoms with Gasteiger partial charge < -0.3 is 0 Å². The van der Waals surface area contributed by atoms with Crippen LogP contribution >= 0.6 is 0 Å². The van der Waals surface area contributed by atoms with Crippen LogP contribution in [-0.2, 0) is 0 Å². The van der Waals surface area contributed by atoms with Gasteiger partial charge in [-0.3, -0.25) is 4.39 Å². The Labute approximate surface area is 100 Å². The summed E-state index contributed by atoms with van der Waals surface area (Å²) in [5.41, 5.74) is 0. The van der Waals surface area contributed by atoms with Crippen LogP contribution in [0.2, 0.25) is 0 Å². The Balaban J connectivity index is 1.67. The van der Waals surface area contributed by atoms with Gasteiger partial charge in [-0.15, -0.1) is 0 Å². The van der Waals surface area contributed by atoms with Crippen molar-refractivity contribution in [3.8, 4) is 0 Å². The van der Waals surface area contributed by atoms with Crippen LogP contribution in [0.15, 0.2) is 0 Å². The quantitative estimate of drug-likeness (QED) is 0.624. The normalized spacial score (nSPS) is 32.8. The van der Waals surface area contributed by atoms with Gasteiger partial charge >= 0.3 is 0 Å². The molecule has 0 saturated heterocycles. The molecule has 0 bridgehead atoms. The minimum absolute atomic E-state index is 0.109. The van der Waals surface area contributed by atoms with Gasteiger partial charge in [0.05, 0.1) is 6.67 Å². The van der Waals surface area contributed by atoms with Crippen molar-refractivity contribution in [2.24, 2.45) is 17.8 Å². The molecule has 0 aromatic carbocycles. The van der Waals surface area contributed by atoms with Crippen LogP contribution in [0.25, 0.3) is 0 Å². The topological polar surface area (TPSA) is 0 Å². The monoisotopic (exact) mass is 226 g/mol. The van der Waals surface area contributed by atoms with E-state index in [-0.39, 0.29) is 6.67 Å². The van der Waals surface area contributed by atoms with E-state index in [1.165, 1.54) is 57.8 Å². The molecule has 2 aliphatic rings. The van der Waals surface area contributed by atoms with Crippen molar-refractivity contribution in [3.63, 3.8) is 0 Å². The lowest BCUT2D eigenvalue weighted by Gasteiger charge is -2.35. The molecule has 0 heterocycles. The third kappa shape index (κ3) is 3.46. The van der Waals surface area contributed by atoms with Crippen LogP contribution in [0.4, 0.5) is 4.39 Å². The summed E-state index contributed by atoms with van der Waals surface area (Å²) in [6, 6.07) is 0. The third-order valence-corrected chi connectivity index (χ3v) is 4.95. The van der Waals surface area contributed by atoms with Gasteiger partial charge in [0, 0.05) is 0 Å². The summed E-state index contributed by atoms with van der Waals surface area (Å²) in [6.45, 7) is -0.109. The molecule has 2 fully saturated rings. The fourth-order valence-corrected chi connectivity index (χ4v) is 3.92. The Hall–Kier alpha value is -0.0700. The SMILES string of the molecule is FCCCC1CCC(C2CCCCC2)CC1. The van der Waals surface area contributed by atoms with Crippen molar-refractivity contribution in [1.29, 1.82) is 0 Å². The first-order valence-electron chi connectivity index (χ1n) is 7.46. The van der Waals surface area contributed by atoms with Gasteiger partial charge in [-0.05, 0) is 43.4 Å². The molecule has 0 spiro atoms. The Bertz CT molecular complexity index is 176. The molecule has 0 nitrogen and oxygen atoms in total. The van der Waals surface area contributed by atoms with Crippen LogP contribution in [0.3, 0.4) is 0 Å². The summed E-state index contributed by atoms with van der Waals surface area (Å²) in [4.78, 5) is 0. The predicted molar refractivity (Wildman–Crippen MR) is 67.2 cm³/mol. The Morgan fingerprint density at radius 2 is 1.38 bits per heavy atom. The second-order valence-electron chi connectivity index (χ2n) is 6.01. The third-order valence-electron chi connectivity index (χ3n) is 4.95. The van der Waals surface area contributed by atoms with E-state index in [1.54, 1.807) is 0 Å². The number of hydrogen-bond donors (Lipinski definition) is 0. The fourth-order valence-electron chi connectivity index (χ4n) is 3.92. The van der Waals surface area contributed by atoms with Gasteiger partial charge in [0.25, 0.3) is 0 Å². The van der Waals surface area contributed by atoms with E-state index in [0.29, 0.717) is 0 Å². The number of alkyl halides is 1. The van der Waals surface area contributed by atoms with E-state index in [9.17, 15) is 4.39 Å². The van der Waals surface area contributed by atoms with E-state index in [4.69, 9.17) is 0 Å². The van der Waals surface area contributed by atoms with Crippen molar-refractivity contribution in [1.82, 2.24) is 0 Å². The zero-order valence-electron chi connectivity index (χ0n) is 10.6. The van der Waals surface area contributed by atoms with Crippen molar-refractivity contribution < 1.29 is 4.39 Å². The molecule has 0 radical (unpaired) electrons. The second kappa shape index (κ2) is 6.61. The van der Waals surface area contributed by atoms with Crippen molar-refractivity contribution in [3.05, 3.63) is 0 Å². The molecule has 0 N–H and O–H groups in total. The van der Waals surface area contributed by atoms with E-state index in [1.807, 2.05) is 0 Å². The number of halogens is 1. The maximum Gasteiger partial charge on any atom is 0.0894 e. The lowest BCUT2D eigenvalue weighted by atomic mass is 9.70. The fraction of sp³-hybridized carbons (Fsp3) is 1.00. The van der Waals surface area contributed by atoms with Gasteiger partial charge in [-0.1, -0.05) is 44.9 Å². The predicted octanol–water partition coefficient (Wildman–Crippen LogP) is 5.12. The molecule has 2 saturated carbocycles. The van der Waals surface area contributed by atoms with Crippen molar-refractivity contribution in [2.45, 2.75) is 70.6 Å². The number of hydrogen-bond acceptors (Lipinski definition) is 0. The summed E-state index contributed by atoms with van der Waals surface area (Å²) >= 11 is 0. The zero-order chi connectivity index (χ0) is 11.2. The molecule has 0 aromatic rings. The van der Waals surface area contributed by atoms with Crippen LogP contribution in [0.1, 0.15) is 70.6 Å². The highest BCUT2D eigenvalue weighted by Crippen LogP contribution is 2.40. The van der Waals surface area contributed by atoms with Gasteiger partial charge in [-0.25, -0.2) is 0 Å². The average Bonchev–Trinajstić information content (AvgIpc) is 2.38. The van der Waals surface area contributed by atoms with Gasteiger partial charge in [0.1, 0.15) is 0 Å². The molecular weight excluding hydrogens is 199 g/mol. The van der Waals surface area contributed by atoms with E-state index < -0.39 is 0 Å². The molecule has 0 aromatic heterocycles. The first kappa shape index (κ1) is 12.4. The van der Waals surface area contributed by atoms with E-state index >= 15 is 0 Å². The summed E-state index contributed by atoms with van der Waals surface area (Å²) in [7, 11) is 0. The lowest BCUT2D eigenvalue weighted by molar-refractivity contribution is 0.161. The van der Waals surface area contributed by atoms with Crippen LogP contribution < -0.4 is 0 Å². The molecule has 94 valence electrons. The van der Waals surface area contributed by atoms with E-state index in [2.05, 4.69) is 0 Å². The van der Waals surface area contributed by atoms with E-state index in [0.717, 1.165) is 30.6 Å². The maximum absolute atomic E-state index is 12.1. The average molecular weight is 226 g/mol. The molecule has 2 aliphatic carbocycles. The first-order chi connectivity index (χ1) is 7.90. The van der Waals surface area contributed by atoms with Crippen LogP contribution in [0.5, 0.6) is 0 Å². The minimum Gasteiger partial charge on any atom is -0.251 e. The minimum atomic E-state index is -0.109. The van der Waals surface area contributed by atoms with Crippen molar-refractivity contribution in [2.75, 3.05) is 6.67 Å². The largest absolute Gasteiger partial charge is 0.251 e. The first-order valence-corrected chi connectivity index (χ1v) is 7.46. The molecule has 16 heavy (non-hydrogen) atoms. The molecule has 2 rings (SSSR count). The highest BCUT2D eigenvalue weighted by atomic mass is 19.1. The zero-order valence-corrected chi connectivity index (χ0v) is 10.6. The molecule has 0 aliphatic heterocycles. The summed E-state index contributed by atoms with van der Waals surface area (Å²) in [5, 5.41) is 0. The molecule has 0 unspecified atom stereocenters. The highest BCUT2D eigenvalue weighted by Gasteiger charge is 2.28. The Morgan fingerprint density at radius 3 is 2.00 bits per heavy atom. The molecular formula is C15H27F. The maximum atomic E-state index is 12.1. The standard InChI is InChI=1S/C15H27F/c16-12-4-5-13-8-10-15(11-9-13)14-6-2-1-3-7-14/h13-15H,1-12H2. The number of rotatable bonds is 4. The Kier molecular flexibility index (Phi) is 5.12. The van der Waals surface area contributed by atoms with Gasteiger partial charge in [0.15, 0.2) is 0 Å². The van der Waals surface area contributed by atoms with Crippen molar-refractivity contribution >= 4 is 0 Å². The van der Waals surface area contributed by atoms with Gasteiger partial charge in [-0.2, -0.15) is 0 Å². The summed E-state index contributed by atoms with van der Waals surface area (Å²) < 4.78 is 12.1. The summed E-state index contributed by atoms with van der Waals surface area (Å²) in [6.07, 6.45) is 15.1. The lowest BCUT2D eigenvalue weighted by Crippen LogP contribution is -2.23. The summed E-state index contributed by atoms with van der Waals surface area (Å²) in [5.74, 6) is 2.94. The molecule has 1 heteroatoms. The molecule has 0 atom stereocenters. The smallest absolute Gasteiger partial charge is 0.0894 e.